The van der Waals surface area contributed by atoms with Gasteiger partial charge in [0.15, 0.2) is 0 Å². The van der Waals surface area contributed by atoms with Gasteiger partial charge in [0, 0.05) is 5.69 Å². The zero-order valence-corrected chi connectivity index (χ0v) is 9.16. The minimum Gasteiger partial charge on any atom is -0.508 e. The van der Waals surface area contributed by atoms with E-state index < -0.39 is 0 Å². The summed E-state index contributed by atoms with van der Waals surface area (Å²) in [4.78, 5) is 11.6. The van der Waals surface area contributed by atoms with Crippen molar-refractivity contribution in [1.82, 2.24) is 20.2 Å². The van der Waals surface area contributed by atoms with Gasteiger partial charge >= 0.3 is 0 Å². The van der Waals surface area contributed by atoms with Crippen molar-refractivity contribution in [2.45, 2.75) is 13.5 Å². The van der Waals surface area contributed by atoms with Crippen molar-refractivity contribution >= 4 is 11.6 Å². The molecular formula is C10H11N5O2. The maximum Gasteiger partial charge on any atom is 0.246 e. The van der Waals surface area contributed by atoms with E-state index in [1.165, 1.54) is 17.1 Å². The number of phenolic OH excluding ortho intramolecular Hbond substituents is 1. The van der Waals surface area contributed by atoms with Crippen LogP contribution in [-0.2, 0) is 11.3 Å². The molecule has 0 bridgehead atoms. The number of hydrogen-bond donors (Lipinski definition) is 2. The number of phenols is 1. The predicted molar refractivity (Wildman–Crippen MR) is 59.3 cm³/mol. The first-order chi connectivity index (χ1) is 8.15. The predicted octanol–water partition coefficient (Wildman–Crippen LogP) is 0.326. The molecule has 7 heteroatoms. The number of nitrogens with zero attached hydrogens (tertiary/aromatic N) is 4. The summed E-state index contributed by atoms with van der Waals surface area (Å²) in [6.07, 6.45) is 1.36. The highest BCUT2D eigenvalue weighted by atomic mass is 16.3. The van der Waals surface area contributed by atoms with Crippen molar-refractivity contribution in [1.29, 1.82) is 0 Å². The van der Waals surface area contributed by atoms with Gasteiger partial charge < -0.3 is 10.4 Å². The number of amides is 1. The molecule has 0 aliphatic rings. The Hall–Kier alpha value is -2.44. The maximum atomic E-state index is 11.6. The van der Waals surface area contributed by atoms with E-state index in [1.807, 2.05) is 0 Å². The van der Waals surface area contributed by atoms with Gasteiger partial charge in [0.2, 0.25) is 5.91 Å². The summed E-state index contributed by atoms with van der Waals surface area (Å²) in [7, 11) is 0. The molecule has 2 rings (SSSR count). The van der Waals surface area contributed by atoms with Gasteiger partial charge in [-0.1, -0.05) is 0 Å². The molecule has 0 saturated carbocycles. The van der Waals surface area contributed by atoms with Crippen LogP contribution in [0, 0.1) is 6.92 Å². The Morgan fingerprint density at radius 2 is 2.35 bits per heavy atom. The molecule has 0 aliphatic heterocycles. The summed E-state index contributed by atoms with van der Waals surface area (Å²) >= 11 is 0. The van der Waals surface area contributed by atoms with Crippen molar-refractivity contribution in [3.63, 3.8) is 0 Å². The third kappa shape index (κ3) is 2.77. The fourth-order valence-corrected chi connectivity index (χ4v) is 1.33. The lowest BCUT2D eigenvalue weighted by Gasteiger charge is -2.06. The minimum atomic E-state index is -0.234. The molecule has 0 fully saturated rings. The van der Waals surface area contributed by atoms with Gasteiger partial charge in [0.05, 0.1) is 0 Å². The van der Waals surface area contributed by atoms with Crippen molar-refractivity contribution in [3.8, 4) is 5.75 Å². The van der Waals surface area contributed by atoms with Crippen molar-refractivity contribution in [2.24, 2.45) is 0 Å². The van der Waals surface area contributed by atoms with Gasteiger partial charge in [-0.2, -0.15) is 0 Å². The molecule has 1 heterocycles. The molecule has 1 amide bonds. The van der Waals surface area contributed by atoms with E-state index >= 15 is 0 Å². The molecule has 2 N–H and O–H groups in total. The van der Waals surface area contributed by atoms with Crippen LogP contribution in [0.2, 0.25) is 0 Å². The van der Waals surface area contributed by atoms with Crippen molar-refractivity contribution < 1.29 is 9.90 Å². The second-order valence-electron chi connectivity index (χ2n) is 3.56. The van der Waals surface area contributed by atoms with Crippen LogP contribution < -0.4 is 5.32 Å². The Kier molecular flexibility index (Phi) is 2.99. The lowest BCUT2D eigenvalue weighted by atomic mass is 10.2. The topological polar surface area (TPSA) is 92.9 Å². The number of hydrogen-bond acceptors (Lipinski definition) is 5. The highest BCUT2D eigenvalue weighted by Crippen LogP contribution is 2.19. The number of tetrazole rings is 1. The van der Waals surface area contributed by atoms with Crippen LogP contribution in [0.3, 0.4) is 0 Å². The standard InChI is InChI=1S/C10H11N5O2/c1-7-4-8(2-3-9(7)16)12-10(17)5-15-6-11-13-14-15/h2-4,6,16H,5H2,1H3,(H,12,17). The molecule has 0 saturated heterocycles. The molecule has 1 aromatic carbocycles. The van der Waals surface area contributed by atoms with Gasteiger partial charge in [0.1, 0.15) is 18.6 Å². The van der Waals surface area contributed by atoms with Crippen LogP contribution in [0.1, 0.15) is 5.56 Å². The normalized spacial score (nSPS) is 10.2. The molecule has 0 aliphatic carbocycles. The van der Waals surface area contributed by atoms with Gasteiger partial charge in [-0.25, -0.2) is 4.68 Å². The molecule has 2 aromatic rings. The summed E-state index contributed by atoms with van der Waals surface area (Å²) in [6.45, 7) is 1.80. The lowest BCUT2D eigenvalue weighted by Crippen LogP contribution is -2.19. The molecule has 0 radical (unpaired) electrons. The highest BCUT2D eigenvalue weighted by Gasteiger charge is 2.05. The lowest BCUT2D eigenvalue weighted by molar-refractivity contribution is -0.116. The fraction of sp³-hybridized carbons (Fsp3) is 0.200. The smallest absolute Gasteiger partial charge is 0.246 e. The molecule has 17 heavy (non-hydrogen) atoms. The number of benzene rings is 1. The Balaban J connectivity index is 2.00. The number of carbonyl (C=O) groups is 1. The average Bonchev–Trinajstić information content (AvgIpc) is 2.76. The van der Waals surface area contributed by atoms with Gasteiger partial charge in [-0.3, -0.25) is 4.79 Å². The molecule has 0 unspecified atom stereocenters. The van der Waals surface area contributed by atoms with E-state index in [9.17, 15) is 9.90 Å². The first kappa shape index (κ1) is 11.1. The summed E-state index contributed by atoms with van der Waals surface area (Å²) in [5.41, 5.74) is 1.32. The Bertz CT molecular complexity index is 523. The Morgan fingerprint density at radius 1 is 1.53 bits per heavy atom. The second kappa shape index (κ2) is 4.60. The monoisotopic (exact) mass is 233 g/mol. The van der Waals surface area contributed by atoms with Crippen LogP contribution in [0.15, 0.2) is 24.5 Å². The van der Waals surface area contributed by atoms with Crippen molar-refractivity contribution in [2.75, 3.05) is 5.32 Å². The van der Waals surface area contributed by atoms with Gasteiger partial charge in [0.25, 0.3) is 0 Å². The number of aromatic nitrogens is 4. The first-order valence-electron chi connectivity index (χ1n) is 4.95. The van der Waals surface area contributed by atoms with E-state index in [2.05, 4.69) is 20.8 Å². The van der Waals surface area contributed by atoms with Crippen LogP contribution >= 0.6 is 0 Å². The summed E-state index contributed by atoms with van der Waals surface area (Å²) in [5.74, 6) is -0.0362. The summed E-state index contributed by atoms with van der Waals surface area (Å²) < 4.78 is 1.32. The second-order valence-corrected chi connectivity index (χ2v) is 3.56. The average molecular weight is 233 g/mol. The molecular weight excluding hydrogens is 222 g/mol. The molecule has 7 nitrogen and oxygen atoms in total. The van der Waals surface area contributed by atoms with Crippen LogP contribution in [0.5, 0.6) is 5.75 Å². The van der Waals surface area contributed by atoms with E-state index in [1.54, 1.807) is 19.1 Å². The fourth-order valence-electron chi connectivity index (χ4n) is 1.33. The largest absolute Gasteiger partial charge is 0.508 e. The molecule has 0 atom stereocenters. The third-order valence-corrected chi connectivity index (χ3v) is 2.18. The first-order valence-corrected chi connectivity index (χ1v) is 4.95. The van der Waals surface area contributed by atoms with E-state index in [0.29, 0.717) is 11.3 Å². The van der Waals surface area contributed by atoms with Gasteiger partial charge in [-0.15, -0.1) is 5.10 Å². The van der Waals surface area contributed by atoms with Crippen LogP contribution in [0.4, 0.5) is 5.69 Å². The zero-order valence-electron chi connectivity index (χ0n) is 9.16. The van der Waals surface area contributed by atoms with Crippen molar-refractivity contribution in [3.05, 3.63) is 30.1 Å². The number of rotatable bonds is 3. The Morgan fingerprint density at radius 3 is 3.00 bits per heavy atom. The number of aromatic hydroxyl groups is 1. The van der Waals surface area contributed by atoms with E-state index in [0.717, 1.165) is 0 Å². The van der Waals surface area contributed by atoms with Crippen LogP contribution in [0.25, 0.3) is 0 Å². The number of nitrogens with one attached hydrogen (secondary N) is 1. The zero-order chi connectivity index (χ0) is 12.3. The highest BCUT2D eigenvalue weighted by molar-refractivity contribution is 5.90. The van der Waals surface area contributed by atoms with E-state index in [-0.39, 0.29) is 18.2 Å². The summed E-state index contributed by atoms with van der Waals surface area (Å²) in [6, 6.07) is 4.84. The third-order valence-electron chi connectivity index (χ3n) is 2.18. The molecule has 1 aromatic heterocycles. The minimum absolute atomic E-state index is 0.0485. The van der Waals surface area contributed by atoms with Crippen LogP contribution in [-0.4, -0.2) is 31.2 Å². The SMILES string of the molecule is Cc1cc(NC(=O)Cn2cnnn2)ccc1O. The summed E-state index contributed by atoms with van der Waals surface area (Å²) in [5, 5.41) is 22.5. The number of aryl methyl sites for hydroxylation is 1. The molecule has 88 valence electrons. The molecule has 0 spiro atoms. The number of anilines is 1. The maximum absolute atomic E-state index is 11.6. The quantitative estimate of drug-likeness (QED) is 0.745. The number of carbonyl (C=O) groups excluding carboxylic acids is 1. The van der Waals surface area contributed by atoms with Gasteiger partial charge in [-0.05, 0) is 41.1 Å². The Labute approximate surface area is 97.1 Å². The van der Waals surface area contributed by atoms with E-state index in [4.69, 9.17) is 0 Å².